The van der Waals surface area contributed by atoms with Crippen LogP contribution in [0.15, 0.2) is 41.8 Å². The van der Waals surface area contributed by atoms with E-state index < -0.39 is 4.92 Å². The van der Waals surface area contributed by atoms with Crippen molar-refractivity contribution in [1.29, 1.82) is 0 Å². The number of anilines is 1. The predicted molar refractivity (Wildman–Crippen MR) is 101 cm³/mol. The molecule has 0 aliphatic carbocycles. The third-order valence-electron chi connectivity index (χ3n) is 3.82. The van der Waals surface area contributed by atoms with Crippen LogP contribution in [-0.2, 0) is 4.79 Å². The van der Waals surface area contributed by atoms with Crippen molar-refractivity contribution in [3.63, 3.8) is 0 Å². The van der Waals surface area contributed by atoms with E-state index >= 15 is 0 Å². The summed E-state index contributed by atoms with van der Waals surface area (Å²) in [5.74, 6) is 0.374. The highest BCUT2D eigenvalue weighted by atomic mass is 32.1. The summed E-state index contributed by atoms with van der Waals surface area (Å²) in [6.45, 7) is 4.83. The van der Waals surface area contributed by atoms with Gasteiger partial charge in [-0.2, -0.15) is 0 Å². The average molecular weight is 361 g/mol. The lowest BCUT2D eigenvalue weighted by atomic mass is 10.0. The molecule has 1 atom stereocenters. The van der Waals surface area contributed by atoms with E-state index in [1.54, 1.807) is 23.5 Å². The molecule has 25 heavy (non-hydrogen) atoms. The molecular weight excluding hydrogens is 338 g/mol. The van der Waals surface area contributed by atoms with Crippen molar-refractivity contribution in [3.05, 3.63) is 56.8 Å². The molecule has 0 radical (unpaired) electrons. The normalized spacial score (nSPS) is 12.0. The first-order chi connectivity index (χ1) is 12.0. The maximum Gasteiger partial charge on any atom is 0.269 e. The Morgan fingerprint density at radius 3 is 2.52 bits per heavy atom. The first-order valence-electron chi connectivity index (χ1n) is 8.28. The van der Waals surface area contributed by atoms with E-state index in [0.717, 1.165) is 5.69 Å². The summed E-state index contributed by atoms with van der Waals surface area (Å²) in [5, 5.41) is 18.9. The van der Waals surface area contributed by atoms with Crippen molar-refractivity contribution < 1.29 is 9.72 Å². The van der Waals surface area contributed by atoms with Gasteiger partial charge in [-0.1, -0.05) is 19.9 Å². The van der Waals surface area contributed by atoms with Crippen LogP contribution >= 0.6 is 11.3 Å². The first-order valence-corrected chi connectivity index (χ1v) is 9.16. The Kier molecular flexibility index (Phi) is 6.94. The summed E-state index contributed by atoms with van der Waals surface area (Å²) >= 11 is 1.66. The Balaban J connectivity index is 1.73. The van der Waals surface area contributed by atoms with Crippen molar-refractivity contribution in [3.8, 4) is 0 Å². The average Bonchev–Trinajstić information content (AvgIpc) is 3.11. The van der Waals surface area contributed by atoms with Crippen LogP contribution in [0.5, 0.6) is 0 Å². The molecular formula is C18H23N3O3S. The molecule has 2 N–H and O–H groups in total. The second-order valence-electron chi connectivity index (χ2n) is 6.14. The topological polar surface area (TPSA) is 84.3 Å². The third-order valence-corrected chi connectivity index (χ3v) is 4.78. The highest BCUT2D eigenvalue weighted by Gasteiger charge is 2.18. The van der Waals surface area contributed by atoms with Gasteiger partial charge >= 0.3 is 0 Å². The van der Waals surface area contributed by atoms with Gasteiger partial charge in [-0.15, -0.1) is 11.3 Å². The molecule has 7 heteroatoms. The highest BCUT2D eigenvalue weighted by Crippen LogP contribution is 2.25. The molecule has 1 amide bonds. The van der Waals surface area contributed by atoms with Crippen molar-refractivity contribution >= 4 is 28.6 Å². The molecule has 2 rings (SSSR count). The fourth-order valence-electron chi connectivity index (χ4n) is 2.46. The fraction of sp³-hybridized carbons (Fsp3) is 0.389. The van der Waals surface area contributed by atoms with Gasteiger partial charge in [0.15, 0.2) is 0 Å². The Labute approximate surface area is 151 Å². The summed E-state index contributed by atoms with van der Waals surface area (Å²) in [6.07, 6.45) is 1.13. The van der Waals surface area contributed by atoms with Gasteiger partial charge in [-0.25, -0.2) is 0 Å². The minimum absolute atomic E-state index is 0.0394. The van der Waals surface area contributed by atoms with Gasteiger partial charge in [0.25, 0.3) is 5.69 Å². The number of hydrogen-bond acceptors (Lipinski definition) is 5. The second kappa shape index (κ2) is 9.17. The van der Waals surface area contributed by atoms with E-state index in [0.29, 0.717) is 25.3 Å². The van der Waals surface area contributed by atoms with Crippen LogP contribution in [0.4, 0.5) is 11.4 Å². The van der Waals surface area contributed by atoms with Crippen LogP contribution in [0.1, 0.15) is 37.6 Å². The zero-order valence-corrected chi connectivity index (χ0v) is 15.2. The lowest BCUT2D eigenvalue weighted by molar-refractivity contribution is -0.384. The molecule has 0 bridgehead atoms. The lowest BCUT2D eigenvalue weighted by Crippen LogP contribution is -2.31. The summed E-state index contributed by atoms with van der Waals surface area (Å²) in [6, 6.07) is 10.4. The van der Waals surface area contributed by atoms with Gasteiger partial charge in [0.05, 0.1) is 11.0 Å². The van der Waals surface area contributed by atoms with Crippen LogP contribution in [-0.4, -0.2) is 17.4 Å². The zero-order chi connectivity index (χ0) is 18.2. The molecule has 6 nitrogen and oxygen atoms in total. The Hall–Kier alpha value is -2.41. The number of nitrogens with zero attached hydrogens (tertiary/aromatic N) is 1. The number of nitrogens with one attached hydrogen (secondary N) is 2. The third kappa shape index (κ3) is 5.86. The summed E-state index contributed by atoms with van der Waals surface area (Å²) in [7, 11) is 0. The SMILES string of the molecule is CC(C)C(NC(=O)CCCNc1ccc([N+](=O)[O-])cc1)c1cccs1. The lowest BCUT2D eigenvalue weighted by Gasteiger charge is -2.21. The summed E-state index contributed by atoms with van der Waals surface area (Å²) < 4.78 is 0. The van der Waals surface area contributed by atoms with Gasteiger partial charge in [0.1, 0.15) is 0 Å². The number of thiophene rings is 1. The highest BCUT2D eigenvalue weighted by molar-refractivity contribution is 7.10. The van der Waals surface area contributed by atoms with Crippen molar-refractivity contribution in [2.24, 2.45) is 5.92 Å². The monoisotopic (exact) mass is 361 g/mol. The molecule has 0 fully saturated rings. The number of nitro benzene ring substituents is 1. The van der Waals surface area contributed by atoms with Crippen LogP contribution in [0.25, 0.3) is 0 Å². The smallest absolute Gasteiger partial charge is 0.269 e. The first kappa shape index (κ1) is 18.9. The quantitative estimate of drug-likeness (QED) is 0.395. The van der Waals surface area contributed by atoms with E-state index in [9.17, 15) is 14.9 Å². The standard InChI is InChI=1S/C18H23N3O3S/c1-13(2)18(16-5-4-12-25-16)20-17(22)6-3-11-19-14-7-9-15(10-8-14)21(23)24/h4-5,7-10,12-13,18-19H,3,6,11H2,1-2H3,(H,20,22). The van der Waals surface area contributed by atoms with Gasteiger partial charge < -0.3 is 10.6 Å². The Morgan fingerprint density at radius 1 is 1.24 bits per heavy atom. The van der Waals surface area contributed by atoms with E-state index in [-0.39, 0.29) is 17.6 Å². The summed E-state index contributed by atoms with van der Waals surface area (Å²) in [5.41, 5.74) is 0.878. The predicted octanol–water partition coefficient (Wildman–Crippen LogP) is 4.36. The van der Waals surface area contributed by atoms with Crippen LogP contribution in [0.3, 0.4) is 0 Å². The van der Waals surface area contributed by atoms with Crippen molar-refractivity contribution in [2.75, 3.05) is 11.9 Å². The van der Waals surface area contributed by atoms with E-state index in [2.05, 4.69) is 24.5 Å². The van der Waals surface area contributed by atoms with Gasteiger partial charge in [0.2, 0.25) is 5.91 Å². The zero-order valence-electron chi connectivity index (χ0n) is 14.4. The Bertz CT molecular complexity index is 684. The van der Waals surface area contributed by atoms with E-state index in [1.807, 2.05) is 17.5 Å². The molecule has 2 aromatic rings. The maximum absolute atomic E-state index is 12.2. The Morgan fingerprint density at radius 2 is 1.96 bits per heavy atom. The van der Waals surface area contributed by atoms with Crippen LogP contribution < -0.4 is 10.6 Å². The number of non-ortho nitro benzene ring substituents is 1. The van der Waals surface area contributed by atoms with Gasteiger partial charge in [-0.05, 0) is 35.9 Å². The molecule has 0 spiro atoms. The van der Waals surface area contributed by atoms with Crippen molar-refractivity contribution in [1.82, 2.24) is 5.32 Å². The summed E-state index contributed by atoms with van der Waals surface area (Å²) in [4.78, 5) is 23.5. The van der Waals surface area contributed by atoms with Crippen LogP contribution in [0, 0.1) is 16.0 Å². The number of benzene rings is 1. The molecule has 1 aromatic heterocycles. The number of hydrogen-bond donors (Lipinski definition) is 2. The molecule has 1 heterocycles. The van der Waals surface area contributed by atoms with Gasteiger partial charge in [0, 0.05) is 35.7 Å². The largest absolute Gasteiger partial charge is 0.385 e. The van der Waals surface area contributed by atoms with Gasteiger partial charge in [-0.3, -0.25) is 14.9 Å². The van der Waals surface area contributed by atoms with Crippen LogP contribution in [0.2, 0.25) is 0 Å². The van der Waals surface area contributed by atoms with E-state index in [4.69, 9.17) is 0 Å². The number of carbonyl (C=O) groups excluding carboxylic acids is 1. The molecule has 1 unspecified atom stereocenters. The molecule has 0 aliphatic rings. The number of amides is 1. The minimum atomic E-state index is -0.424. The number of nitro groups is 1. The van der Waals surface area contributed by atoms with E-state index in [1.165, 1.54) is 17.0 Å². The molecule has 0 aliphatic heterocycles. The maximum atomic E-state index is 12.2. The fourth-order valence-corrected chi connectivity index (χ4v) is 3.41. The number of carbonyl (C=O) groups is 1. The minimum Gasteiger partial charge on any atom is -0.385 e. The second-order valence-corrected chi connectivity index (χ2v) is 7.12. The molecule has 0 saturated carbocycles. The van der Waals surface area contributed by atoms with Crippen molar-refractivity contribution in [2.45, 2.75) is 32.7 Å². The number of rotatable bonds is 9. The molecule has 134 valence electrons. The molecule has 1 aromatic carbocycles. The molecule has 0 saturated heterocycles.